The van der Waals surface area contributed by atoms with Crippen LogP contribution in [-0.4, -0.2) is 30.3 Å². The highest BCUT2D eigenvalue weighted by molar-refractivity contribution is 5.81. The molecular formula is C18H20N2O4. The normalized spacial score (nSPS) is 10.9. The van der Waals surface area contributed by atoms with Gasteiger partial charge in [0.25, 0.3) is 0 Å². The zero-order chi connectivity index (χ0) is 17.0. The number of rotatable bonds is 7. The quantitative estimate of drug-likeness (QED) is 0.354. The van der Waals surface area contributed by atoms with E-state index in [-0.39, 0.29) is 19.0 Å². The maximum absolute atomic E-state index is 11.6. The van der Waals surface area contributed by atoms with Crippen LogP contribution in [0.3, 0.4) is 0 Å². The number of nitrogens with zero attached hydrogens (tertiary/aromatic N) is 1. The van der Waals surface area contributed by atoms with Crippen LogP contribution in [0, 0.1) is 0 Å². The zero-order valence-corrected chi connectivity index (χ0v) is 13.2. The largest absolute Gasteiger partial charge is 0.477 e. The van der Waals surface area contributed by atoms with E-state index in [1.54, 1.807) is 0 Å². The molecule has 0 unspecified atom stereocenters. The lowest BCUT2D eigenvalue weighted by molar-refractivity contribution is 0.140. The summed E-state index contributed by atoms with van der Waals surface area (Å²) in [6.45, 7) is 0.482. The molecule has 24 heavy (non-hydrogen) atoms. The third-order valence-electron chi connectivity index (χ3n) is 3.21. The number of benzene rings is 2. The van der Waals surface area contributed by atoms with Crippen molar-refractivity contribution in [1.29, 1.82) is 0 Å². The van der Waals surface area contributed by atoms with Crippen LogP contribution in [0.2, 0.25) is 0 Å². The van der Waals surface area contributed by atoms with Crippen molar-refractivity contribution in [2.24, 2.45) is 5.16 Å². The Morgan fingerprint density at radius 3 is 2.21 bits per heavy atom. The summed E-state index contributed by atoms with van der Waals surface area (Å²) >= 11 is 0. The lowest BCUT2D eigenvalue weighted by Gasteiger charge is -2.10. The summed E-state index contributed by atoms with van der Waals surface area (Å²) in [6.07, 6.45) is 0.0739. The van der Waals surface area contributed by atoms with Gasteiger partial charge in [-0.3, -0.25) is 0 Å². The number of alkyl carbamates (subject to hydrolysis) is 1. The second kappa shape index (κ2) is 9.89. The predicted octanol–water partition coefficient (Wildman–Crippen LogP) is 2.96. The molecule has 6 heteroatoms. The molecule has 0 spiro atoms. The molecular weight excluding hydrogens is 308 g/mol. The highest BCUT2D eigenvalue weighted by Gasteiger charge is 2.07. The Balaban J connectivity index is 1.64. The Morgan fingerprint density at radius 1 is 0.958 bits per heavy atom. The summed E-state index contributed by atoms with van der Waals surface area (Å²) in [4.78, 5) is 11.6. The molecule has 0 radical (unpaired) electrons. The molecule has 6 nitrogen and oxygen atoms in total. The van der Waals surface area contributed by atoms with Crippen LogP contribution < -0.4 is 5.32 Å². The SMILES string of the molecule is O=C(NC/C(=N\O)OCCc1ccccc1)OCc1ccccc1. The molecule has 0 aliphatic rings. The van der Waals surface area contributed by atoms with E-state index in [0.717, 1.165) is 11.1 Å². The maximum atomic E-state index is 11.6. The number of carbonyl (C=O) groups excluding carboxylic acids is 1. The fourth-order valence-electron chi connectivity index (χ4n) is 1.97. The first-order valence-electron chi connectivity index (χ1n) is 7.60. The minimum Gasteiger partial charge on any atom is -0.477 e. The average Bonchev–Trinajstić information content (AvgIpc) is 2.64. The number of nitrogens with one attached hydrogen (secondary N) is 1. The summed E-state index contributed by atoms with van der Waals surface area (Å²) in [5, 5.41) is 14.4. The molecule has 0 heterocycles. The molecule has 0 atom stereocenters. The number of ether oxygens (including phenoxy) is 2. The summed E-state index contributed by atoms with van der Waals surface area (Å²) in [6, 6.07) is 19.1. The summed E-state index contributed by atoms with van der Waals surface area (Å²) in [5.41, 5.74) is 2.01. The lowest BCUT2D eigenvalue weighted by Crippen LogP contribution is -2.31. The van der Waals surface area contributed by atoms with Crippen LogP contribution >= 0.6 is 0 Å². The minimum absolute atomic E-state index is 0.0302. The van der Waals surface area contributed by atoms with Crippen molar-refractivity contribution in [3.05, 3.63) is 71.8 Å². The fraction of sp³-hybridized carbons (Fsp3) is 0.222. The van der Waals surface area contributed by atoms with Gasteiger partial charge in [0.05, 0.1) is 6.61 Å². The second-order valence-electron chi connectivity index (χ2n) is 4.99. The van der Waals surface area contributed by atoms with Crippen molar-refractivity contribution < 1.29 is 19.5 Å². The van der Waals surface area contributed by atoms with Crippen LogP contribution in [0.25, 0.3) is 0 Å². The van der Waals surface area contributed by atoms with Gasteiger partial charge >= 0.3 is 6.09 Å². The van der Waals surface area contributed by atoms with Crippen LogP contribution in [0.15, 0.2) is 65.8 Å². The predicted molar refractivity (Wildman–Crippen MR) is 89.9 cm³/mol. The topological polar surface area (TPSA) is 80.2 Å². The minimum atomic E-state index is -0.605. The molecule has 126 valence electrons. The first-order chi connectivity index (χ1) is 11.8. The Hall–Kier alpha value is -3.02. The van der Waals surface area contributed by atoms with Crippen molar-refractivity contribution in [3.8, 4) is 0 Å². The smallest absolute Gasteiger partial charge is 0.407 e. The number of hydrogen-bond acceptors (Lipinski definition) is 5. The standard InChI is InChI=1S/C18H20N2O4/c21-18(24-14-16-9-5-2-6-10-16)19-13-17(20-22)23-12-11-15-7-3-1-4-8-15/h1-10,22H,11-14H2,(H,19,21)/b20-17+. The van der Waals surface area contributed by atoms with Crippen LogP contribution in [0.4, 0.5) is 4.79 Å². The van der Waals surface area contributed by atoms with Gasteiger partial charge in [-0.15, -0.1) is 0 Å². The highest BCUT2D eigenvalue weighted by atomic mass is 16.6. The molecule has 2 aromatic rings. The van der Waals surface area contributed by atoms with E-state index in [2.05, 4.69) is 10.5 Å². The number of oxime groups is 1. The molecule has 0 aromatic heterocycles. The molecule has 0 saturated carbocycles. The van der Waals surface area contributed by atoms with E-state index in [0.29, 0.717) is 13.0 Å². The van der Waals surface area contributed by atoms with Gasteiger partial charge < -0.3 is 20.0 Å². The van der Waals surface area contributed by atoms with Gasteiger partial charge in [0, 0.05) is 6.42 Å². The van der Waals surface area contributed by atoms with Crippen LogP contribution in [0.1, 0.15) is 11.1 Å². The van der Waals surface area contributed by atoms with E-state index in [1.807, 2.05) is 60.7 Å². The van der Waals surface area contributed by atoms with Gasteiger partial charge in [0.15, 0.2) is 0 Å². The second-order valence-corrected chi connectivity index (χ2v) is 4.99. The van der Waals surface area contributed by atoms with Crippen molar-refractivity contribution >= 4 is 12.0 Å². The van der Waals surface area contributed by atoms with Gasteiger partial charge in [0.2, 0.25) is 5.90 Å². The number of hydrogen-bond donors (Lipinski definition) is 2. The Kier molecular flexibility index (Phi) is 7.14. The molecule has 0 aliphatic heterocycles. The Bertz CT molecular complexity index is 645. The maximum Gasteiger partial charge on any atom is 0.407 e. The average molecular weight is 328 g/mol. The molecule has 0 aliphatic carbocycles. The molecule has 0 saturated heterocycles. The van der Waals surface area contributed by atoms with Gasteiger partial charge in [0.1, 0.15) is 13.2 Å². The van der Waals surface area contributed by atoms with Gasteiger partial charge in [-0.1, -0.05) is 65.8 Å². The van der Waals surface area contributed by atoms with Crippen LogP contribution in [0.5, 0.6) is 0 Å². The van der Waals surface area contributed by atoms with Crippen molar-refractivity contribution in [2.45, 2.75) is 13.0 Å². The third-order valence-corrected chi connectivity index (χ3v) is 3.21. The molecule has 0 fully saturated rings. The van der Waals surface area contributed by atoms with Crippen molar-refractivity contribution in [2.75, 3.05) is 13.2 Å². The zero-order valence-electron chi connectivity index (χ0n) is 13.2. The molecule has 2 aromatic carbocycles. The van der Waals surface area contributed by atoms with Crippen LogP contribution in [-0.2, 0) is 22.5 Å². The van der Waals surface area contributed by atoms with Gasteiger partial charge in [-0.05, 0) is 11.1 Å². The van der Waals surface area contributed by atoms with Gasteiger partial charge in [-0.25, -0.2) is 4.79 Å². The Labute approximate surface area is 140 Å². The van der Waals surface area contributed by atoms with Crippen molar-refractivity contribution in [1.82, 2.24) is 5.32 Å². The van der Waals surface area contributed by atoms with E-state index >= 15 is 0 Å². The first-order valence-corrected chi connectivity index (χ1v) is 7.60. The third kappa shape index (κ3) is 6.39. The monoisotopic (exact) mass is 328 g/mol. The molecule has 2 rings (SSSR count). The number of amides is 1. The first kappa shape index (κ1) is 17.3. The van der Waals surface area contributed by atoms with Crippen molar-refractivity contribution in [3.63, 3.8) is 0 Å². The van der Waals surface area contributed by atoms with E-state index in [4.69, 9.17) is 14.7 Å². The molecule has 1 amide bonds. The summed E-state index contributed by atoms with van der Waals surface area (Å²) in [5.74, 6) is 0.0302. The van der Waals surface area contributed by atoms with E-state index < -0.39 is 6.09 Å². The fourth-order valence-corrected chi connectivity index (χ4v) is 1.97. The lowest BCUT2D eigenvalue weighted by atomic mass is 10.2. The Morgan fingerprint density at radius 2 is 1.58 bits per heavy atom. The van der Waals surface area contributed by atoms with E-state index in [9.17, 15) is 4.79 Å². The highest BCUT2D eigenvalue weighted by Crippen LogP contribution is 2.01. The number of carbonyl (C=O) groups is 1. The van der Waals surface area contributed by atoms with Gasteiger partial charge in [-0.2, -0.15) is 0 Å². The summed E-state index contributed by atoms with van der Waals surface area (Å²) < 4.78 is 10.4. The van der Waals surface area contributed by atoms with E-state index in [1.165, 1.54) is 0 Å². The molecule has 2 N–H and O–H groups in total. The molecule has 0 bridgehead atoms. The summed E-state index contributed by atoms with van der Waals surface area (Å²) in [7, 11) is 0.